The van der Waals surface area contributed by atoms with Crippen molar-refractivity contribution in [3.63, 3.8) is 0 Å². The summed E-state index contributed by atoms with van der Waals surface area (Å²) >= 11 is 1.97. The van der Waals surface area contributed by atoms with E-state index in [2.05, 4.69) is 13.0 Å². The molecule has 2 atom stereocenters. The van der Waals surface area contributed by atoms with E-state index < -0.39 is 0 Å². The van der Waals surface area contributed by atoms with E-state index in [1.165, 1.54) is 29.7 Å². The van der Waals surface area contributed by atoms with Crippen LogP contribution in [-0.4, -0.2) is 13.2 Å². The average molecular weight is 253 g/mol. The summed E-state index contributed by atoms with van der Waals surface area (Å²) in [4.78, 5) is 3.03. The number of fused-ring (bicyclic) bond motifs is 1. The van der Waals surface area contributed by atoms with E-state index in [0.29, 0.717) is 12.1 Å². The van der Waals surface area contributed by atoms with Crippen LogP contribution in [-0.2, 0) is 17.6 Å². The fourth-order valence-electron chi connectivity index (χ4n) is 2.47. The van der Waals surface area contributed by atoms with Crippen LogP contribution in [0.5, 0.6) is 0 Å². The Kier molecular flexibility index (Phi) is 4.60. The van der Waals surface area contributed by atoms with Crippen LogP contribution in [0.15, 0.2) is 6.07 Å². The summed E-state index contributed by atoms with van der Waals surface area (Å²) in [7, 11) is 1.82. The van der Waals surface area contributed by atoms with E-state index in [-0.39, 0.29) is 0 Å². The van der Waals surface area contributed by atoms with E-state index in [1.807, 2.05) is 18.4 Å². The molecule has 1 aromatic heterocycles. The third-order valence-electron chi connectivity index (χ3n) is 3.68. The van der Waals surface area contributed by atoms with Gasteiger partial charge in [-0.1, -0.05) is 6.92 Å². The van der Waals surface area contributed by atoms with Crippen molar-refractivity contribution < 1.29 is 4.74 Å². The number of rotatable bonds is 5. The first-order chi connectivity index (χ1) is 8.24. The number of nitrogens with two attached hydrogens (primary N) is 1. The second-order valence-corrected chi connectivity index (χ2v) is 6.14. The molecule has 3 heteroatoms. The number of aryl methyl sites for hydroxylation is 2. The zero-order chi connectivity index (χ0) is 12.3. The van der Waals surface area contributed by atoms with Crippen molar-refractivity contribution in [2.45, 2.75) is 57.6 Å². The molecule has 1 heterocycles. The lowest BCUT2D eigenvalue weighted by Gasteiger charge is -2.20. The molecule has 0 saturated carbocycles. The van der Waals surface area contributed by atoms with Crippen molar-refractivity contribution in [1.82, 2.24) is 0 Å². The van der Waals surface area contributed by atoms with Gasteiger partial charge in [0.25, 0.3) is 0 Å². The average Bonchev–Trinajstić information content (AvgIpc) is 2.78. The SMILES string of the molecule is CCC(N)CCc1cc2c(s1)CCCC2OC. The molecule has 0 amide bonds. The van der Waals surface area contributed by atoms with E-state index in [4.69, 9.17) is 10.5 Å². The van der Waals surface area contributed by atoms with Crippen molar-refractivity contribution >= 4 is 11.3 Å². The van der Waals surface area contributed by atoms with Gasteiger partial charge in [0, 0.05) is 22.9 Å². The van der Waals surface area contributed by atoms with Gasteiger partial charge in [-0.05, 0) is 50.2 Å². The highest BCUT2D eigenvalue weighted by molar-refractivity contribution is 7.12. The highest BCUT2D eigenvalue weighted by Crippen LogP contribution is 2.37. The lowest BCUT2D eigenvalue weighted by Crippen LogP contribution is -2.18. The van der Waals surface area contributed by atoms with Crippen molar-refractivity contribution in [1.29, 1.82) is 0 Å². The van der Waals surface area contributed by atoms with Gasteiger partial charge in [0.05, 0.1) is 6.10 Å². The third-order valence-corrected chi connectivity index (χ3v) is 4.95. The van der Waals surface area contributed by atoms with Gasteiger partial charge in [-0.2, -0.15) is 0 Å². The molecule has 0 saturated heterocycles. The van der Waals surface area contributed by atoms with Gasteiger partial charge in [0.2, 0.25) is 0 Å². The molecule has 0 fully saturated rings. The van der Waals surface area contributed by atoms with Gasteiger partial charge in [-0.15, -0.1) is 11.3 Å². The van der Waals surface area contributed by atoms with Crippen molar-refractivity contribution in [2.24, 2.45) is 5.73 Å². The van der Waals surface area contributed by atoms with E-state index in [1.54, 1.807) is 4.88 Å². The Morgan fingerprint density at radius 3 is 3.12 bits per heavy atom. The first-order valence-electron chi connectivity index (χ1n) is 6.64. The van der Waals surface area contributed by atoms with Crippen LogP contribution < -0.4 is 5.73 Å². The fourth-order valence-corrected chi connectivity index (χ4v) is 3.75. The molecule has 2 N–H and O–H groups in total. The van der Waals surface area contributed by atoms with Gasteiger partial charge < -0.3 is 10.5 Å². The largest absolute Gasteiger partial charge is 0.377 e. The quantitative estimate of drug-likeness (QED) is 0.872. The predicted octanol–water partition coefficient (Wildman–Crippen LogP) is 3.44. The Bertz CT molecular complexity index is 361. The van der Waals surface area contributed by atoms with Crippen molar-refractivity contribution in [2.75, 3.05) is 7.11 Å². The van der Waals surface area contributed by atoms with Gasteiger partial charge in [-0.25, -0.2) is 0 Å². The molecular formula is C14H23NOS. The molecule has 17 heavy (non-hydrogen) atoms. The van der Waals surface area contributed by atoms with Crippen LogP contribution in [0.1, 0.15) is 54.0 Å². The smallest absolute Gasteiger partial charge is 0.0832 e. The molecule has 2 unspecified atom stereocenters. The Balaban J connectivity index is 2.03. The molecule has 1 aliphatic carbocycles. The van der Waals surface area contributed by atoms with Crippen LogP contribution >= 0.6 is 11.3 Å². The zero-order valence-corrected chi connectivity index (χ0v) is 11.7. The molecule has 2 rings (SSSR count). The van der Waals surface area contributed by atoms with E-state index in [0.717, 1.165) is 19.3 Å². The van der Waals surface area contributed by atoms with Crippen LogP contribution in [0.2, 0.25) is 0 Å². The van der Waals surface area contributed by atoms with Gasteiger partial charge >= 0.3 is 0 Å². The minimum Gasteiger partial charge on any atom is -0.377 e. The first kappa shape index (κ1) is 13.1. The van der Waals surface area contributed by atoms with Crippen molar-refractivity contribution in [3.8, 4) is 0 Å². The number of hydrogen-bond donors (Lipinski definition) is 1. The molecule has 0 bridgehead atoms. The zero-order valence-electron chi connectivity index (χ0n) is 10.9. The summed E-state index contributed by atoms with van der Waals surface area (Å²) < 4.78 is 5.56. The Morgan fingerprint density at radius 1 is 1.59 bits per heavy atom. The highest BCUT2D eigenvalue weighted by atomic mass is 32.1. The number of hydrogen-bond acceptors (Lipinski definition) is 3. The Labute approximate surface area is 108 Å². The summed E-state index contributed by atoms with van der Waals surface area (Å²) in [5.41, 5.74) is 7.42. The lowest BCUT2D eigenvalue weighted by atomic mass is 9.95. The molecule has 96 valence electrons. The standard InChI is InChI=1S/C14H23NOS/c1-3-10(15)7-8-11-9-12-13(16-2)5-4-6-14(12)17-11/h9-10,13H,3-8,15H2,1-2H3. The molecule has 1 aromatic rings. The minimum absolute atomic E-state index is 0.337. The summed E-state index contributed by atoms with van der Waals surface area (Å²) in [6, 6.07) is 2.71. The lowest BCUT2D eigenvalue weighted by molar-refractivity contribution is 0.0888. The Morgan fingerprint density at radius 2 is 2.41 bits per heavy atom. The number of thiophene rings is 1. The number of ether oxygens (including phenoxy) is 1. The topological polar surface area (TPSA) is 35.2 Å². The van der Waals surface area contributed by atoms with Crippen LogP contribution in [0.3, 0.4) is 0 Å². The monoisotopic (exact) mass is 253 g/mol. The van der Waals surface area contributed by atoms with Gasteiger partial charge in [-0.3, -0.25) is 0 Å². The molecule has 0 radical (unpaired) electrons. The van der Waals surface area contributed by atoms with Gasteiger partial charge in [0.1, 0.15) is 0 Å². The summed E-state index contributed by atoms with van der Waals surface area (Å²) in [6.45, 7) is 2.16. The maximum absolute atomic E-state index is 5.98. The second kappa shape index (κ2) is 5.98. The summed E-state index contributed by atoms with van der Waals surface area (Å²) in [5, 5.41) is 0. The third kappa shape index (κ3) is 3.09. The van der Waals surface area contributed by atoms with Crippen LogP contribution in [0.25, 0.3) is 0 Å². The van der Waals surface area contributed by atoms with Crippen molar-refractivity contribution in [3.05, 3.63) is 21.4 Å². The Hall–Kier alpha value is -0.380. The summed E-state index contributed by atoms with van der Waals surface area (Å²) in [6.07, 6.45) is 7.32. The molecule has 0 aliphatic heterocycles. The summed E-state index contributed by atoms with van der Waals surface area (Å²) in [5.74, 6) is 0. The van der Waals surface area contributed by atoms with Crippen LogP contribution in [0, 0.1) is 0 Å². The predicted molar refractivity (Wildman–Crippen MR) is 73.6 cm³/mol. The maximum Gasteiger partial charge on any atom is 0.0832 e. The molecule has 0 spiro atoms. The van der Waals surface area contributed by atoms with E-state index >= 15 is 0 Å². The fraction of sp³-hybridized carbons (Fsp3) is 0.714. The minimum atomic E-state index is 0.337. The first-order valence-corrected chi connectivity index (χ1v) is 7.46. The molecule has 2 nitrogen and oxygen atoms in total. The van der Waals surface area contributed by atoms with Gasteiger partial charge in [0.15, 0.2) is 0 Å². The van der Waals surface area contributed by atoms with Crippen LogP contribution in [0.4, 0.5) is 0 Å². The number of methoxy groups -OCH3 is 1. The normalized spacial score (nSPS) is 21.2. The highest BCUT2D eigenvalue weighted by Gasteiger charge is 2.22. The molecule has 1 aliphatic rings. The molecule has 0 aromatic carbocycles. The molecular weight excluding hydrogens is 230 g/mol. The van der Waals surface area contributed by atoms with E-state index in [9.17, 15) is 0 Å². The second-order valence-electron chi connectivity index (χ2n) is 4.91. The maximum atomic E-state index is 5.98.